The quantitative estimate of drug-likeness (QED) is 0.381. The predicted molar refractivity (Wildman–Crippen MR) is 124 cm³/mol. The van der Waals surface area contributed by atoms with Crippen LogP contribution in [0.5, 0.6) is 0 Å². The van der Waals surface area contributed by atoms with Gasteiger partial charge in [-0.3, -0.25) is 9.69 Å². The number of benzene rings is 1. The number of aliphatic imine (C=N–C) groups is 1. The third-order valence-corrected chi connectivity index (χ3v) is 5.32. The first kappa shape index (κ1) is 25.1. The fraction of sp³-hybridized carbons (Fsp3) is 0.652. The standard InChI is InChI=1S/C23H39N5O3/c1-5-24-22(26-17-23(4,30)18-27-12-14-31-15-13-27)25-16-19-8-10-20(11-9-19)21(29)28(6-2)7-3/h8-11,30H,5-7,12-18H2,1-4H3,(H2,24,25,26). The average Bonchev–Trinajstić information content (AvgIpc) is 2.77. The van der Waals surface area contributed by atoms with Crippen molar-refractivity contribution >= 4 is 11.9 Å². The molecule has 1 aliphatic heterocycles. The Labute approximate surface area is 186 Å². The Morgan fingerprint density at radius 1 is 1.16 bits per heavy atom. The van der Waals surface area contributed by atoms with Gasteiger partial charge in [-0.15, -0.1) is 0 Å². The Balaban J connectivity index is 1.92. The number of β-amino-alcohol motifs (C(OH)–C–C–N with tert-alkyl or cyclic N) is 1. The van der Waals surface area contributed by atoms with Crippen molar-refractivity contribution in [3.63, 3.8) is 0 Å². The third kappa shape index (κ3) is 8.47. The van der Waals surface area contributed by atoms with E-state index in [1.54, 1.807) is 0 Å². The molecule has 31 heavy (non-hydrogen) atoms. The highest BCUT2D eigenvalue weighted by Crippen LogP contribution is 2.10. The minimum absolute atomic E-state index is 0.0533. The summed E-state index contributed by atoms with van der Waals surface area (Å²) < 4.78 is 5.37. The molecule has 8 nitrogen and oxygen atoms in total. The Morgan fingerprint density at radius 2 is 1.81 bits per heavy atom. The zero-order chi connectivity index (χ0) is 22.7. The van der Waals surface area contributed by atoms with Crippen LogP contribution >= 0.6 is 0 Å². The summed E-state index contributed by atoms with van der Waals surface area (Å²) in [6.07, 6.45) is 0. The summed E-state index contributed by atoms with van der Waals surface area (Å²) in [7, 11) is 0. The highest BCUT2D eigenvalue weighted by atomic mass is 16.5. The Kier molecular flexibility index (Phi) is 10.2. The molecule has 0 aromatic heterocycles. The number of nitrogens with zero attached hydrogens (tertiary/aromatic N) is 3. The van der Waals surface area contributed by atoms with Gasteiger partial charge in [0.1, 0.15) is 0 Å². The Hall–Kier alpha value is -2.16. The monoisotopic (exact) mass is 433 g/mol. The average molecular weight is 434 g/mol. The summed E-state index contributed by atoms with van der Waals surface area (Å²) in [4.78, 5) is 21.1. The van der Waals surface area contributed by atoms with Gasteiger partial charge in [0.25, 0.3) is 5.91 Å². The second-order valence-corrected chi connectivity index (χ2v) is 8.11. The number of hydrogen-bond acceptors (Lipinski definition) is 5. The van der Waals surface area contributed by atoms with Crippen molar-refractivity contribution in [3.8, 4) is 0 Å². The van der Waals surface area contributed by atoms with E-state index in [9.17, 15) is 9.90 Å². The summed E-state index contributed by atoms with van der Waals surface area (Å²) in [5, 5.41) is 17.2. The van der Waals surface area contributed by atoms with Gasteiger partial charge < -0.3 is 25.4 Å². The lowest BCUT2D eigenvalue weighted by Crippen LogP contribution is -2.52. The van der Waals surface area contributed by atoms with E-state index in [4.69, 9.17) is 4.74 Å². The van der Waals surface area contributed by atoms with E-state index in [1.165, 1.54) is 0 Å². The van der Waals surface area contributed by atoms with Crippen molar-refractivity contribution in [3.05, 3.63) is 35.4 Å². The molecule has 0 bridgehead atoms. The molecule has 0 radical (unpaired) electrons. The minimum atomic E-state index is -0.875. The van der Waals surface area contributed by atoms with Gasteiger partial charge in [-0.05, 0) is 45.4 Å². The molecule has 1 aliphatic rings. The van der Waals surface area contributed by atoms with Crippen LogP contribution in [0.3, 0.4) is 0 Å². The second-order valence-electron chi connectivity index (χ2n) is 8.11. The molecule has 1 unspecified atom stereocenters. The van der Waals surface area contributed by atoms with E-state index in [0.717, 1.165) is 25.2 Å². The number of aliphatic hydroxyl groups is 1. The number of nitrogens with one attached hydrogen (secondary N) is 2. The largest absolute Gasteiger partial charge is 0.387 e. The number of carbonyl (C=O) groups is 1. The summed E-state index contributed by atoms with van der Waals surface area (Å²) in [5.41, 5.74) is 0.842. The van der Waals surface area contributed by atoms with Crippen LogP contribution in [0.1, 0.15) is 43.6 Å². The normalized spacial score (nSPS) is 17.1. The smallest absolute Gasteiger partial charge is 0.253 e. The zero-order valence-corrected chi connectivity index (χ0v) is 19.5. The van der Waals surface area contributed by atoms with Crippen LogP contribution in [-0.2, 0) is 11.3 Å². The van der Waals surface area contributed by atoms with Crippen LogP contribution in [0.4, 0.5) is 0 Å². The van der Waals surface area contributed by atoms with Crippen LogP contribution in [-0.4, -0.2) is 91.4 Å². The van der Waals surface area contributed by atoms with E-state index < -0.39 is 5.60 Å². The van der Waals surface area contributed by atoms with E-state index in [2.05, 4.69) is 20.5 Å². The van der Waals surface area contributed by atoms with Gasteiger partial charge in [-0.1, -0.05) is 12.1 Å². The SMILES string of the molecule is CCNC(=NCc1ccc(C(=O)N(CC)CC)cc1)NCC(C)(O)CN1CCOCC1. The summed E-state index contributed by atoms with van der Waals surface area (Å²) >= 11 is 0. The molecular weight excluding hydrogens is 394 g/mol. The number of rotatable bonds is 10. The lowest BCUT2D eigenvalue weighted by molar-refractivity contribution is -0.0201. The molecule has 2 rings (SSSR count). The fourth-order valence-corrected chi connectivity index (χ4v) is 3.53. The van der Waals surface area contributed by atoms with Crippen LogP contribution < -0.4 is 10.6 Å². The molecule has 1 saturated heterocycles. The first-order valence-corrected chi connectivity index (χ1v) is 11.3. The van der Waals surface area contributed by atoms with Crippen molar-refractivity contribution in [1.82, 2.24) is 20.4 Å². The molecule has 0 aliphatic carbocycles. The van der Waals surface area contributed by atoms with Crippen molar-refractivity contribution in [2.75, 3.05) is 59.0 Å². The van der Waals surface area contributed by atoms with Gasteiger partial charge in [-0.2, -0.15) is 0 Å². The van der Waals surface area contributed by atoms with Gasteiger partial charge in [-0.25, -0.2) is 4.99 Å². The maximum Gasteiger partial charge on any atom is 0.253 e. The molecular formula is C23H39N5O3. The highest BCUT2D eigenvalue weighted by Gasteiger charge is 2.25. The molecule has 1 heterocycles. The molecule has 1 amide bonds. The maximum absolute atomic E-state index is 12.4. The molecule has 174 valence electrons. The second kappa shape index (κ2) is 12.6. The lowest BCUT2D eigenvalue weighted by atomic mass is 10.1. The highest BCUT2D eigenvalue weighted by molar-refractivity contribution is 5.94. The summed E-state index contributed by atoms with van der Waals surface area (Å²) in [6, 6.07) is 7.61. The first-order valence-electron chi connectivity index (χ1n) is 11.3. The molecule has 8 heteroatoms. The number of ether oxygens (including phenoxy) is 1. The van der Waals surface area contributed by atoms with Crippen LogP contribution in [0.2, 0.25) is 0 Å². The molecule has 0 saturated carbocycles. The Bertz CT molecular complexity index is 696. The van der Waals surface area contributed by atoms with Crippen molar-refractivity contribution < 1.29 is 14.6 Å². The third-order valence-electron chi connectivity index (χ3n) is 5.32. The molecule has 0 spiro atoms. The molecule has 1 fully saturated rings. The van der Waals surface area contributed by atoms with Gasteiger partial charge >= 0.3 is 0 Å². The van der Waals surface area contributed by atoms with Crippen LogP contribution in [0, 0.1) is 0 Å². The number of hydrogen-bond donors (Lipinski definition) is 3. The first-order chi connectivity index (χ1) is 14.9. The van der Waals surface area contributed by atoms with Crippen molar-refractivity contribution in [2.45, 2.75) is 39.8 Å². The predicted octanol–water partition coefficient (Wildman–Crippen LogP) is 1.31. The zero-order valence-electron chi connectivity index (χ0n) is 19.5. The van der Waals surface area contributed by atoms with Gasteiger partial charge in [0, 0.05) is 51.4 Å². The number of amides is 1. The lowest BCUT2D eigenvalue weighted by Gasteiger charge is -2.34. The fourth-order valence-electron chi connectivity index (χ4n) is 3.53. The van der Waals surface area contributed by atoms with Crippen molar-refractivity contribution in [1.29, 1.82) is 0 Å². The number of guanidine groups is 1. The van der Waals surface area contributed by atoms with Crippen LogP contribution in [0.15, 0.2) is 29.3 Å². The topological polar surface area (TPSA) is 89.4 Å². The molecule has 1 atom stereocenters. The molecule has 3 N–H and O–H groups in total. The minimum Gasteiger partial charge on any atom is -0.387 e. The maximum atomic E-state index is 12.4. The van der Waals surface area contributed by atoms with Gasteiger partial charge in [0.2, 0.25) is 0 Å². The summed E-state index contributed by atoms with van der Waals surface area (Å²) in [5.74, 6) is 0.714. The Morgan fingerprint density at radius 3 is 2.39 bits per heavy atom. The van der Waals surface area contributed by atoms with E-state index in [1.807, 2.05) is 56.9 Å². The van der Waals surface area contributed by atoms with E-state index in [0.29, 0.717) is 57.5 Å². The van der Waals surface area contributed by atoms with E-state index >= 15 is 0 Å². The van der Waals surface area contributed by atoms with Gasteiger partial charge in [0.05, 0.1) is 25.4 Å². The molecule has 1 aromatic rings. The van der Waals surface area contributed by atoms with E-state index in [-0.39, 0.29) is 5.91 Å². The van der Waals surface area contributed by atoms with Crippen LogP contribution in [0.25, 0.3) is 0 Å². The van der Waals surface area contributed by atoms with Gasteiger partial charge in [0.15, 0.2) is 5.96 Å². The molecule has 1 aromatic carbocycles. The summed E-state index contributed by atoms with van der Waals surface area (Å²) in [6.45, 7) is 14.5. The van der Waals surface area contributed by atoms with Crippen molar-refractivity contribution in [2.24, 2.45) is 4.99 Å². The number of carbonyl (C=O) groups excluding carboxylic acids is 1. The number of morpholine rings is 1.